The Kier molecular flexibility index (Phi) is 6.41. The van der Waals surface area contributed by atoms with Gasteiger partial charge in [0.1, 0.15) is 0 Å². The van der Waals surface area contributed by atoms with Crippen molar-refractivity contribution in [3.8, 4) is 0 Å². The van der Waals surface area contributed by atoms with Crippen LogP contribution in [0, 0.1) is 6.92 Å². The molecule has 3 N–H and O–H groups in total. The highest BCUT2D eigenvalue weighted by molar-refractivity contribution is 9.10. The first-order chi connectivity index (χ1) is 13.9. The zero-order chi connectivity index (χ0) is 20.8. The highest BCUT2D eigenvalue weighted by Gasteiger charge is 2.10. The van der Waals surface area contributed by atoms with Gasteiger partial charge in [-0.15, -0.1) is 0 Å². The van der Waals surface area contributed by atoms with E-state index in [4.69, 9.17) is 0 Å². The highest BCUT2D eigenvalue weighted by Crippen LogP contribution is 2.13. The van der Waals surface area contributed by atoms with Crippen molar-refractivity contribution in [3.05, 3.63) is 99.5 Å². The number of carbonyl (C=O) groups excluding carboxylic acids is 3. The van der Waals surface area contributed by atoms with Gasteiger partial charge < -0.3 is 5.32 Å². The summed E-state index contributed by atoms with van der Waals surface area (Å²) in [5, 5.41) is 2.78. The average Bonchev–Trinajstić information content (AvgIpc) is 2.72. The van der Waals surface area contributed by atoms with E-state index in [9.17, 15) is 14.4 Å². The first-order valence-corrected chi connectivity index (χ1v) is 9.56. The van der Waals surface area contributed by atoms with Gasteiger partial charge >= 0.3 is 0 Å². The number of aryl methyl sites for hydroxylation is 1. The van der Waals surface area contributed by atoms with Crippen molar-refractivity contribution in [2.45, 2.75) is 6.92 Å². The molecule has 0 fully saturated rings. The third kappa shape index (κ3) is 5.52. The number of hydrogen-bond acceptors (Lipinski definition) is 3. The second-order valence-electron chi connectivity index (χ2n) is 6.32. The first-order valence-electron chi connectivity index (χ1n) is 8.77. The lowest BCUT2D eigenvalue weighted by molar-refractivity contribution is 0.0846. The summed E-state index contributed by atoms with van der Waals surface area (Å²) in [4.78, 5) is 36.6. The lowest BCUT2D eigenvalue weighted by Crippen LogP contribution is -2.41. The van der Waals surface area contributed by atoms with Crippen LogP contribution in [0.1, 0.15) is 36.6 Å². The molecular formula is C22H18BrN3O3. The van der Waals surface area contributed by atoms with E-state index < -0.39 is 11.8 Å². The van der Waals surface area contributed by atoms with Gasteiger partial charge in [0.05, 0.1) is 0 Å². The number of benzene rings is 3. The molecule has 0 radical (unpaired) electrons. The number of nitrogens with one attached hydrogen (secondary N) is 3. The lowest BCUT2D eigenvalue weighted by Gasteiger charge is -2.09. The van der Waals surface area contributed by atoms with Crippen molar-refractivity contribution in [1.29, 1.82) is 0 Å². The molecule has 146 valence electrons. The van der Waals surface area contributed by atoms with E-state index in [0.29, 0.717) is 22.4 Å². The number of carbonyl (C=O) groups is 3. The third-order valence-electron chi connectivity index (χ3n) is 4.06. The molecule has 0 aliphatic carbocycles. The van der Waals surface area contributed by atoms with E-state index in [1.165, 1.54) is 0 Å². The molecule has 0 saturated carbocycles. The molecule has 0 atom stereocenters. The minimum Gasteiger partial charge on any atom is -0.322 e. The fraction of sp³-hybridized carbons (Fsp3) is 0.0455. The van der Waals surface area contributed by atoms with Gasteiger partial charge in [-0.2, -0.15) is 0 Å². The van der Waals surface area contributed by atoms with E-state index in [-0.39, 0.29) is 5.91 Å². The summed E-state index contributed by atoms with van der Waals surface area (Å²) in [5.41, 5.74) is 7.60. The van der Waals surface area contributed by atoms with E-state index in [1.54, 1.807) is 60.7 Å². The largest absolute Gasteiger partial charge is 0.322 e. The standard InChI is InChI=1S/C22H18BrN3O3/c1-14-4-2-5-16(12-14)20(27)24-19-10-8-15(9-11-19)21(28)25-26-22(29)17-6-3-7-18(23)13-17/h2-13H,1H3,(H,24,27)(H,25,28)(H,26,29). The number of halogens is 1. The Balaban J connectivity index is 1.57. The summed E-state index contributed by atoms with van der Waals surface area (Å²) in [5.74, 6) is -1.13. The summed E-state index contributed by atoms with van der Waals surface area (Å²) in [6.45, 7) is 1.92. The SMILES string of the molecule is Cc1cccc(C(=O)Nc2ccc(C(=O)NNC(=O)c3cccc(Br)c3)cc2)c1. The maximum absolute atomic E-state index is 12.3. The molecular weight excluding hydrogens is 434 g/mol. The average molecular weight is 452 g/mol. The molecule has 0 aromatic heterocycles. The van der Waals surface area contributed by atoms with Gasteiger partial charge in [0.2, 0.25) is 0 Å². The van der Waals surface area contributed by atoms with Crippen LogP contribution in [0.3, 0.4) is 0 Å². The monoisotopic (exact) mass is 451 g/mol. The third-order valence-corrected chi connectivity index (χ3v) is 4.55. The molecule has 0 aliphatic heterocycles. The van der Waals surface area contributed by atoms with E-state index >= 15 is 0 Å². The minimum absolute atomic E-state index is 0.229. The molecule has 6 nitrogen and oxygen atoms in total. The zero-order valence-electron chi connectivity index (χ0n) is 15.5. The van der Waals surface area contributed by atoms with Gasteiger partial charge in [0, 0.05) is 26.9 Å². The Morgan fingerprint density at radius 1 is 0.690 bits per heavy atom. The summed E-state index contributed by atoms with van der Waals surface area (Å²) < 4.78 is 0.764. The maximum atomic E-state index is 12.3. The van der Waals surface area contributed by atoms with Gasteiger partial charge in [0.25, 0.3) is 17.7 Å². The summed E-state index contributed by atoms with van der Waals surface area (Å²) in [6, 6.07) is 20.4. The number of amides is 3. The molecule has 0 saturated heterocycles. The van der Waals surface area contributed by atoms with Crippen LogP contribution in [0.15, 0.2) is 77.3 Å². The molecule has 3 amide bonds. The fourth-order valence-electron chi connectivity index (χ4n) is 2.58. The molecule has 0 aliphatic rings. The lowest BCUT2D eigenvalue weighted by atomic mass is 10.1. The quantitative estimate of drug-likeness (QED) is 0.522. The van der Waals surface area contributed by atoms with E-state index in [0.717, 1.165) is 10.0 Å². The van der Waals surface area contributed by atoms with Crippen molar-refractivity contribution < 1.29 is 14.4 Å². The highest BCUT2D eigenvalue weighted by atomic mass is 79.9. The first kappa shape index (κ1) is 20.3. The molecule has 0 unspecified atom stereocenters. The fourth-order valence-corrected chi connectivity index (χ4v) is 2.98. The number of anilines is 1. The zero-order valence-corrected chi connectivity index (χ0v) is 17.1. The van der Waals surface area contributed by atoms with Crippen molar-refractivity contribution >= 4 is 39.3 Å². The van der Waals surface area contributed by atoms with Crippen LogP contribution < -0.4 is 16.2 Å². The van der Waals surface area contributed by atoms with Crippen LogP contribution >= 0.6 is 15.9 Å². The molecule has 3 rings (SSSR count). The molecule has 29 heavy (non-hydrogen) atoms. The molecule has 3 aromatic rings. The molecule has 0 bridgehead atoms. The summed E-state index contributed by atoms with van der Waals surface area (Å²) in [7, 11) is 0. The smallest absolute Gasteiger partial charge is 0.269 e. The van der Waals surface area contributed by atoms with Crippen molar-refractivity contribution in [1.82, 2.24) is 10.9 Å². The van der Waals surface area contributed by atoms with Gasteiger partial charge in [-0.3, -0.25) is 25.2 Å². The van der Waals surface area contributed by atoms with Crippen molar-refractivity contribution in [3.63, 3.8) is 0 Å². The van der Waals surface area contributed by atoms with Crippen molar-refractivity contribution in [2.24, 2.45) is 0 Å². The predicted molar refractivity (Wildman–Crippen MR) is 115 cm³/mol. The van der Waals surface area contributed by atoms with Gasteiger partial charge in [0.15, 0.2) is 0 Å². The van der Waals surface area contributed by atoms with Gasteiger partial charge in [-0.25, -0.2) is 0 Å². The van der Waals surface area contributed by atoms with E-state index in [2.05, 4.69) is 32.1 Å². The van der Waals surface area contributed by atoms with Crippen LogP contribution in [0.25, 0.3) is 0 Å². The van der Waals surface area contributed by atoms with E-state index in [1.807, 2.05) is 19.1 Å². The van der Waals surface area contributed by atoms with Crippen LogP contribution in [0.4, 0.5) is 5.69 Å². The Hall–Kier alpha value is -3.45. The van der Waals surface area contributed by atoms with Crippen LogP contribution in [-0.4, -0.2) is 17.7 Å². The van der Waals surface area contributed by atoms with Crippen LogP contribution in [0.2, 0.25) is 0 Å². The Morgan fingerprint density at radius 3 is 1.90 bits per heavy atom. The minimum atomic E-state index is -0.468. The molecule has 0 heterocycles. The molecule has 3 aromatic carbocycles. The Labute approximate surface area is 176 Å². The maximum Gasteiger partial charge on any atom is 0.269 e. The Morgan fingerprint density at radius 2 is 1.28 bits per heavy atom. The van der Waals surface area contributed by atoms with Gasteiger partial charge in [-0.1, -0.05) is 39.7 Å². The molecule has 7 heteroatoms. The molecule has 0 spiro atoms. The number of hydrazine groups is 1. The summed E-state index contributed by atoms with van der Waals surface area (Å²) >= 11 is 3.29. The topological polar surface area (TPSA) is 87.3 Å². The predicted octanol–water partition coefficient (Wildman–Crippen LogP) is 4.08. The summed E-state index contributed by atoms with van der Waals surface area (Å²) in [6.07, 6.45) is 0. The van der Waals surface area contributed by atoms with Crippen LogP contribution in [-0.2, 0) is 0 Å². The second-order valence-corrected chi connectivity index (χ2v) is 7.24. The second kappa shape index (κ2) is 9.16. The Bertz CT molecular complexity index is 1060. The normalized spacial score (nSPS) is 10.1. The number of hydrogen-bond donors (Lipinski definition) is 3. The van der Waals surface area contributed by atoms with Crippen molar-refractivity contribution in [2.75, 3.05) is 5.32 Å². The number of rotatable bonds is 4. The van der Waals surface area contributed by atoms with Gasteiger partial charge in [-0.05, 0) is 61.5 Å². The van der Waals surface area contributed by atoms with Crippen LogP contribution in [0.5, 0.6) is 0 Å².